The van der Waals surface area contributed by atoms with Gasteiger partial charge in [0.05, 0.1) is 22.6 Å². The Bertz CT molecular complexity index is 874. The Labute approximate surface area is 151 Å². The van der Waals surface area contributed by atoms with Crippen molar-refractivity contribution in [2.75, 3.05) is 5.32 Å². The SMILES string of the molecule is CC(C)(C)c1cc(NC(=O)C=Cc2cscn2)n(-c2ccccc2)n1. The minimum Gasteiger partial charge on any atom is -0.307 e. The second-order valence-corrected chi connectivity index (χ2v) is 7.37. The van der Waals surface area contributed by atoms with Crippen LogP contribution in [0.4, 0.5) is 5.82 Å². The lowest BCUT2D eigenvalue weighted by Gasteiger charge is -2.14. The van der Waals surface area contributed by atoms with Crippen molar-refractivity contribution in [1.82, 2.24) is 14.8 Å². The smallest absolute Gasteiger partial charge is 0.249 e. The molecule has 0 aliphatic heterocycles. The molecule has 5 nitrogen and oxygen atoms in total. The molecule has 0 fully saturated rings. The molecule has 2 heterocycles. The van der Waals surface area contributed by atoms with Gasteiger partial charge >= 0.3 is 0 Å². The fraction of sp³-hybridized carbons (Fsp3) is 0.211. The van der Waals surface area contributed by atoms with Crippen molar-refractivity contribution in [3.05, 3.63) is 64.8 Å². The van der Waals surface area contributed by atoms with E-state index in [2.05, 4.69) is 36.2 Å². The highest BCUT2D eigenvalue weighted by Gasteiger charge is 2.21. The number of hydrogen-bond acceptors (Lipinski definition) is 4. The van der Waals surface area contributed by atoms with Gasteiger partial charge in [0.25, 0.3) is 0 Å². The number of anilines is 1. The van der Waals surface area contributed by atoms with Crippen molar-refractivity contribution in [3.8, 4) is 5.69 Å². The molecule has 0 spiro atoms. The number of para-hydroxylation sites is 1. The molecular formula is C19H20N4OS. The third-order valence-electron chi connectivity index (χ3n) is 3.59. The van der Waals surface area contributed by atoms with E-state index in [-0.39, 0.29) is 11.3 Å². The lowest BCUT2D eigenvalue weighted by molar-refractivity contribution is -0.111. The van der Waals surface area contributed by atoms with E-state index < -0.39 is 0 Å². The molecule has 1 aromatic carbocycles. The van der Waals surface area contributed by atoms with Gasteiger partial charge in [-0.2, -0.15) is 5.10 Å². The summed E-state index contributed by atoms with van der Waals surface area (Å²) in [6.45, 7) is 6.29. The quantitative estimate of drug-likeness (QED) is 0.713. The Morgan fingerprint density at radius 1 is 1.24 bits per heavy atom. The fourth-order valence-corrected chi connectivity index (χ4v) is 2.76. The zero-order chi connectivity index (χ0) is 17.9. The second kappa shape index (κ2) is 7.03. The highest BCUT2D eigenvalue weighted by Crippen LogP contribution is 2.26. The molecule has 1 N–H and O–H groups in total. The molecule has 0 aliphatic carbocycles. The number of hydrogen-bond donors (Lipinski definition) is 1. The molecule has 6 heteroatoms. The van der Waals surface area contributed by atoms with Crippen LogP contribution in [0.2, 0.25) is 0 Å². The first-order valence-corrected chi connectivity index (χ1v) is 8.91. The fourth-order valence-electron chi connectivity index (χ4n) is 2.24. The topological polar surface area (TPSA) is 59.8 Å². The highest BCUT2D eigenvalue weighted by atomic mass is 32.1. The minimum atomic E-state index is -0.217. The molecular weight excluding hydrogens is 332 g/mol. The van der Waals surface area contributed by atoms with Crippen LogP contribution in [0.5, 0.6) is 0 Å². The number of aromatic nitrogens is 3. The summed E-state index contributed by atoms with van der Waals surface area (Å²) in [6, 6.07) is 11.7. The number of benzene rings is 1. The molecule has 0 aliphatic rings. The third-order valence-corrected chi connectivity index (χ3v) is 4.19. The van der Waals surface area contributed by atoms with Crippen LogP contribution >= 0.6 is 11.3 Å². The van der Waals surface area contributed by atoms with Gasteiger partial charge in [-0.05, 0) is 18.2 Å². The van der Waals surface area contributed by atoms with Crippen molar-refractivity contribution in [1.29, 1.82) is 0 Å². The van der Waals surface area contributed by atoms with Crippen LogP contribution in [0.1, 0.15) is 32.2 Å². The van der Waals surface area contributed by atoms with Crippen LogP contribution in [0, 0.1) is 0 Å². The monoisotopic (exact) mass is 352 g/mol. The van der Waals surface area contributed by atoms with Crippen LogP contribution in [0.25, 0.3) is 11.8 Å². The average Bonchev–Trinajstić information content (AvgIpc) is 3.23. The largest absolute Gasteiger partial charge is 0.307 e. The van der Waals surface area contributed by atoms with Gasteiger partial charge in [-0.15, -0.1) is 11.3 Å². The Balaban J connectivity index is 1.89. The van der Waals surface area contributed by atoms with E-state index in [0.29, 0.717) is 5.82 Å². The van der Waals surface area contributed by atoms with Gasteiger partial charge in [0, 0.05) is 22.9 Å². The molecule has 2 aromatic heterocycles. The lowest BCUT2D eigenvalue weighted by atomic mass is 9.92. The molecule has 0 atom stereocenters. The molecule has 128 valence electrons. The summed E-state index contributed by atoms with van der Waals surface area (Å²) >= 11 is 1.49. The van der Waals surface area contributed by atoms with Crippen LogP contribution in [0.3, 0.4) is 0 Å². The van der Waals surface area contributed by atoms with E-state index in [9.17, 15) is 4.79 Å². The molecule has 3 rings (SSSR count). The third kappa shape index (κ3) is 4.22. The molecule has 1 amide bonds. The second-order valence-electron chi connectivity index (χ2n) is 6.65. The number of amides is 1. The predicted octanol–water partition coefficient (Wildman–Crippen LogP) is 4.28. The van der Waals surface area contributed by atoms with Gasteiger partial charge in [-0.1, -0.05) is 39.0 Å². The molecule has 0 radical (unpaired) electrons. The number of carbonyl (C=O) groups excluding carboxylic acids is 1. The van der Waals surface area contributed by atoms with Crippen molar-refractivity contribution in [3.63, 3.8) is 0 Å². The van der Waals surface area contributed by atoms with E-state index in [1.807, 2.05) is 41.8 Å². The van der Waals surface area contributed by atoms with Crippen LogP contribution in [-0.2, 0) is 10.2 Å². The normalized spacial score (nSPS) is 11.8. The molecule has 0 unspecified atom stereocenters. The highest BCUT2D eigenvalue weighted by molar-refractivity contribution is 7.07. The summed E-state index contributed by atoms with van der Waals surface area (Å²) in [4.78, 5) is 16.4. The zero-order valence-electron chi connectivity index (χ0n) is 14.4. The van der Waals surface area contributed by atoms with Gasteiger partial charge in [-0.3, -0.25) is 4.79 Å². The van der Waals surface area contributed by atoms with Gasteiger partial charge in [0.1, 0.15) is 5.82 Å². The summed E-state index contributed by atoms with van der Waals surface area (Å²) in [6.07, 6.45) is 3.17. The van der Waals surface area contributed by atoms with E-state index in [0.717, 1.165) is 17.1 Å². The van der Waals surface area contributed by atoms with E-state index in [1.54, 1.807) is 16.3 Å². The molecule has 0 bridgehead atoms. The molecule has 0 saturated heterocycles. The Hall–Kier alpha value is -2.73. The molecule has 0 saturated carbocycles. The summed E-state index contributed by atoms with van der Waals surface area (Å²) in [5.41, 5.74) is 4.20. The van der Waals surface area contributed by atoms with Crippen molar-refractivity contribution >= 4 is 29.1 Å². The van der Waals surface area contributed by atoms with Crippen LogP contribution < -0.4 is 5.32 Å². The van der Waals surface area contributed by atoms with Crippen LogP contribution in [-0.4, -0.2) is 20.7 Å². The van der Waals surface area contributed by atoms with Gasteiger partial charge in [0.15, 0.2) is 0 Å². The zero-order valence-corrected chi connectivity index (χ0v) is 15.2. The number of nitrogens with zero attached hydrogens (tertiary/aromatic N) is 3. The average molecular weight is 352 g/mol. The van der Waals surface area contributed by atoms with Gasteiger partial charge in [0.2, 0.25) is 5.91 Å². The summed E-state index contributed by atoms with van der Waals surface area (Å²) in [7, 11) is 0. The molecule has 3 aromatic rings. The first-order valence-electron chi connectivity index (χ1n) is 7.97. The Morgan fingerprint density at radius 3 is 2.64 bits per heavy atom. The first-order chi connectivity index (χ1) is 11.9. The number of nitrogens with one attached hydrogen (secondary N) is 1. The maximum absolute atomic E-state index is 12.3. The summed E-state index contributed by atoms with van der Waals surface area (Å²) in [5, 5.41) is 9.48. The first kappa shape index (κ1) is 17.1. The predicted molar refractivity (Wildman–Crippen MR) is 102 cm³/mol. The van der Waals surface area contributed by atoms with Gasteiger partial charge < -0.3 is 5.32 Å². The van der Waals surface area contributed by atoms with Crippen LogP contribution in [0.15, 0.2) is 53.4 Å². The van der Waals surface area contributed by atoms with E-state index in [1.165, 1.54) is 17.4 Å². The van der Waals surface area contributed by atoms with Crippen molar-refractivity contribution in [2.24, 2.45) is 0 Å². The lowest BCUT2D eigenvalue weighted by Crippen LogP contribution is -2.13. The van der Waals surface area contributed by atoms with Crippen molar-refractivity contribution < 1.29 is 4.79 Å². The maximum atomic E-state index is 12.3. The number of thiazole rings is 1. The Kier molecular flexibility index (Phi) is 4.81. The minimum absolute atomic E-state index is 0.115. The van der Waals surface area contributed by atoms with E-state index >= 15 is 0 Å². The number of carbonyl (C=O) groups is 1. The van der Waals surface area contributed by atoms with Gasteiger partial charge in [-0.25, -0.2) is 9.67 Å². The molecule has 25 heavy (non-hydrogen) atoms. The summed E-state index contributed by atoms with van der Waals surface area (Å²) in [5.74, 6) is 0.426. The number of rotatable bonds is 4. The summed E-state index contributed by atoms with van der Waals surface area (Å²) < 4.78 is 1.76. The maximum Gasteiger partial charge on any atom is 0.249 e. The van der Waals surface area contributed by atoms with E-state index in [4.69, 9.17) is 0 Å². The van der Waals surface area contributed by atoms with Crippen molar-refractivity contribution in [2.45, 2.75) is 26.2 Å². The standard InChI is InChI=1S/C19H20N4OS/c1-19(2,3)16-11-17(23(22-16)15-7-5-4-6-8-15)21-18(24)10-9-14-12-25-13-20-14/h4-13H,1-3H3,(H,21,24). The Morgan fingerprint density at radius 2 is 2.00 bits per heavy atom.